The number of carbonyl (C=O) groups excluding carboxylic acids is 1. The molecule has 0 fully saturated rings. The highest BCUT2D eigenvalue weighted by molar-refractivity contribution is 5.65. The summed E-state index contributed by atoms with van der Waals surface area (Å²) >= 11 is 0. The third kappa shape index (κ3) is 10.3. The molecule has 0 saturated heterocycles. The highest BCUT2D eigenvalue weighted by Gasteiger charge is 1.89. The van der Waals surface area contributed by atoms with Gasteiger partial charge in [-0.25, -0.2) is 0 Å². The van der Waals surface area contributed by atoms with Gasteiger partial charge in [0, 0.05) is 13.3 Å². The molecule has 0 atom stereocenters. The first kappa shape index (κ1) is 12.3. The van der Waals surface area contributed by atoms with Crippen molar-refractivity contribution >= 4 is 5.97 Å². The second-order valence-corrected chi connectivity index (χ2v) is 2.51. The molecular weight excluding hydrogens is 176 g/mol. The van der Waals surface area contributed by atoms with E-state index in [0.717, 1.165) is 6.42 Å². The zero-order chi connectivity index (χ0) is 10.6. The fourth-order valence-electron chi connectivity index (χ4n) is 0.644. The molecular formula is C12H14O2. The van der Waals surface area contributed by atoms with Crippen LogP contribution in [-0.4, -0.2) is 12.6 Å². The van der Waals surface area contributed by atoms with Gasteiger partial charge < -0.3 is 4.74 Å². The highest BCUT2D eigenvalue weighted by atomic mass is 16.5. The van der Waals surface area contributed by atoms with Crippen molar-refractivity contribution < 1.29 is 9.53 Å². The smallest absolute Gasteiger partial charge is 0.302 e. The van der Waals surface area contributed by atoms with E-state index in [2.05, 4.69) is 23.7 Å². The van der Waals surface area contributed by atoms with Crippen LogP contribution in [0.25, 0.3) is 0 Å². The standard InChI is InChI=1S/C12H14O2/c1-3-4-5-6-7-8-9-10-11-14-12(2)13/h3-4H,9-11H2,1-2H3/b4-3+. The zero-order valence-corrected chi connectivity index (χ0v) is 8.59. The Bertz CT molecular complexity index is 305. The van der Waals surface area contributed by atoms with Crippen molar-refractivity contribution in [2.75, 3.05) is 6.61 Å². The van der Waals surface area contributed by atoms with Gasteiger partial charge in [0.1, 0.15) is 0 Å². The van der Waals surface area contributed by atoms with Crippen LogP contribution >= 0.6 is 0 Å². The van der Waals surface area contributed by atoms with Crippen molar-refractivity contribution in [1.29, 1.82) is 0 Å². The molecule has 14 heavy (non-hydrogen) atoms. The maximum atomic E-state index is 10.4. The summed E-state index contributed by atoms with van der Waals surface area (Å²) in [6.07, 6.45) is 5.07. The van der Waals surface area contributed by atoms with Gasteiger partial charge in [0.25, 0.3) is 0 Å². The number of esters is 1. The van der Waals surface area contributed by atoms with E-state index in [0.29, 0.717) is 13.0 Å². The van der Waals surface area contributed by atoms with E-state index in [9.17, 15) is 4.79 Å². The van der Waals surface area contributed by atoms with Gasteiger partial charge in [0.2, 0.25) is 0 Å². The molecule has 0 aliphatic carbocycles. The molecule has 0 N–H and O–H groups in total. The van der Waals surface area contributed by atoms with Crippen LogP contribution < -0.4 is 0 Å². The lowest BCUT2D eigenvalue weighted by molar-refractivity contribution is -0.141. The van der Waals surface area contributed by atoms with Gasteiger partial charge in [0.05, 0.1) is 6.61 Å². The number of carbonyl (C=O) groups is 1. The highest BCUT2D eigenvalue weighted by Crippen LogP contribution is 1.88. The van der Waals surface area contributed by atoms with Crippen molar-refractivity contribution in [2.45, 2.75) is 26.7 Å². The Hall–Kier alpha value is -1.67. The first-order valence-electron chi connectivity index (χ1n) is 4.50. The van der Waals surface area contributed by atoms with E-state index in [1.54, 1.807) is 6.08 Å². The van der Waals surface area contributed by atoms with E-state index in [1.165, 1.54) is 6.92 Å². The number of unbranched alkanes of at least 4 members (excludes halogenated alkanes) is 1. The molecule has 2 heteroatoms. The third-order valence-electron chi connectivity index (χ3n) is 1.22. The minimum Gasteiger partial charge on any atom is -0.466 e. The van der Waals surface area contributed by atoms with Gasteiger partial charge in [-0.1, -0.05) is 17.9 Å². The Morgan fingerprint density at radius 3 is 2.86 bits per heavy atom. The third-order valence-corrected chi connectivity index (χ3v) is 1.22. The summed E-state index contributed by atoms with van der Waals surface area (Å²) in [5.41, 5.74) is 0. The molecule has 0 rings (SSSR count). The predicted octanol–water partition coefficient (Wildman–Crippen LogP) is 1.91. The van der Waals surface area contributed by atoms with Gasteiger partial charge in [-0.05, 0) is 31.3 Å². The average Bonchev–Trinajstić information content (AvgIpc) is 2.15. The molecule has 0 bridgehead atoms. The van der Waals surface area contributed by atoms with Gasteiger partial charge in [-0.2, -0.15) is 0 Å². The monoisotopic (exact) mass is 190 g/mol. The van der Waals surface area contributed by atoms with E-state index in [4.69, 9.17) is 4.74 Å². The van der Waals surface area contributed by atoms with Crippen LogP contribution in [0.5, 0.6) is 0 Å². The molecule has 0 aliphatic heterocycles. The Morgan fingerprint density at radius 2 is 2.21 bits per heavy atom. The van der Waals surface area contributed by atoms with E-state index in [-0.39, 0.29) is 5.97 Å². The van der Waals surface area contributed by atoms with Crippen molar-refractivity contribution in [2.24, 2.45) is 0 Å². The summed E-state index contributed by atoms with van der Waals surface area (Å²) in [6.45, 7) is 3.74. The van der Waals surface area contributed by atoms with Crippen molar-refractivity contribution in [3.8, 4) is 23.7 Å². The van der Waals surface area contributed by atoms with Crippen LogP contribution in [0.1, 0.15) is 26.7 Å². The summed E-state index contributed by atoms with van der Waals surface area (Å²) in [5, 5.41) is 0. The van der Waals surface area contributed by atoms with E-state index < -0.39 is 0 Å². The fourth-order valence-corrected chi connectivity index (χ4v) is 0.644. The lowest BCUT2D eigenvalue weighted by Gasteiger charge is -1.96. The lowest BCUT2D eigenvalue weighted by atomic mass is 10.3. The maximum Gasteiger partial charge on any atom is 0.302 e. The van der Waals surface area contributed by atoms with Crippen LogP contribution in [0.15, 0.2) is 12.2 Å². The van der Waals surface area contributed by atoms with Crippen molar-refractivity contribution in [3.05, 3.63) is 12.2 Å². The summed E-state index contributed by atoms with van der Waals surface area (Å²) in [7, 11) is 0. The molecule has 0 radical (unpaired) electrons. The number of allylic oxidation sites excluding steroid dienone is 2. The lowest BCUT2D eigenvalue weighted by Crippen LogP contribution is -1.99. The molecule has 0 spiro atoms. The number of hydrogen-bond acceptors (Lipinski definition) is 2. The predicted molar refractivity (Wildman–Crippen MR) is 56.2 cm³/mol. The largest absolute Gasteiger partial charge is 0.466 e. The molecule has 0 aliphatic rings. The molecule has 0 heterocycles. The second kappa shape index (κ2) is 9.42. The van der Waals surface area contributed by atoms with Crippen LogP contribution in [0.2, 0.25) is 0 Å². The molecule has 0 unspecified atom stereocenters. The van der Waals surface area contributed by atoms with E-state index in [1.807, 2.05) is 13.0 Å². The summed E-state index contributed by atoms with van der Waals surface area (Å²) < 4.78 is 4.73. The van der Waals surface area contributed by atoms with Crippen molar-refractivity contribution in [3.63, 3.8) is 0 Å². The van der Waals surface area contributed by atoms with Gasteiger partial charge >= 0.3 is 5.97 Å². The van der Waals surface area contributed by atoms with Gasteiger partial charge in [0.15, 0.2) is 0 Å². The molecule has 74 valence electrons. The Labute approximate surface area is 85.3 Å². The van der Waals surface area contributed by atoms with Crippen LogP contribution in [0, 0.1) is 23.7 Å². The number of rotatable bonds is 3. The SMILES string of the molecule is C/C=C/C#CC#CCCCOC(C)=O. The van der Waals surface area contributed by atoms with Crippen LogP contribution in [-0.2, 0) is 9.53 Å². The normalized spacial score (nSPS) is 8.43. The summed E-state index contributed by atoms with van der Waals surface area (Å²) in [6, 6.07) is 0. The quantitative estimate of drug-likeness (QED) is 0.386. The summed E-state index contributed by atoms with van der Waals surface area (Å²) in [4.78, 5) is 10.4. The van der Waals surface area contributed by atoms with E-state index >= 15 is 0 Å². The van der Waals surface area contributed by atoms with Gasteiger partial charge in [-0.15, -0.1) is 0 Å². The molecule has 0 amide bonds. The molecule has 0 saturated carbocycles. The molecule has 0 aromatic heterocycles. The molecule has 2 nitrogen and oxygen atoms in total. The van der Waals surface area contributed by atoms with Crippen LogP contribution in [0.4, 0.5) is 0 Å². The Morgan fingerprint density at radius 1 is 1.43 bits per heavy atom. The second-order valence-electron chi connectivity index (χ2n) is 2.51. The molecule has 0 aromatic rings. The number of hydrogen-bond donors (Lipinski definition) is 0. The van der Waals surface area contributed by atoms with Crippen LogP contribution in [0.3, 0.4) is 0 Å². The number of ether oxygens (including phenoxy) is 1. The average molecular weight is 190 g/mol. The van der Waals surface area contributed by atoms with Crippen molar-refractivity contribution in [1.82, 2.24) is 0 Å². The summed E-state index contributed by atoms with van der Waals surface area (Å²) in [5.74, 6) is 10.8. The first-order valence-corrected chi connectivity index (χ1v) is 4.50. The van der Waals surface area contributed by atoms with Gasteiger partial charge in [-0.3, -0.25) is 4.79 Å². The minimum atomic E-state index is -0.245. The topological polar surface area (TPSA) is 26.3 Å². The zero-order valence-electron chi connectivity index (χ0n) is 8.59. The Balaban J connectivity index is 3.45. The molecule has 0 aromatic carbocycles. The Kier molecular flexibility index (Phi) is 8.29. The first-order chi connectivity index (χ1) is 6.77. The minimum absolute atomic E-state index is 0.245. The fraction of sp³-hybridized carbons (Fsp3) is 0.417. The maximum absolute atomic E-state index is 10.4.